The van der Waals surface area contributed by atoms with Crippen LogP contribution < -0.4 is 10.2 Å². The maximum atomic E-state index is 4.17. The van der Waals surface area contributed by atoms with Crippen molar-refractivity contribution >= 4 is 16.6 Å². The SMILES string of the molecule is CCCN(CCNC)c1cnnc2ccccc12. The maximum absolute atomic E-state index is 4.17. The maximum Gasteiger partial charge on any atom is 0.0950 e. The molecule has 0 fully saturated rings. The first-order valence-electron chi connectivity index (χ1n) is 6.46. The van der Waals surface area contributed by atoms with E-state index < -0.39 is 0 Å². The lowest BCUT2D eigenvalue weighted by molar-refractivity contribution is 0.710. The van der Waals surface area contributed by atoms with E-state index in [9.17, 15) is 0 Å². The minimum absolute atomic E-state index is 0.959. The Hall–Kier alpha value is -1.68. The van der Waals surface area contributed by atoms with Crippen molar-refractivity contribution in [1.82, 2.24) is 15.5 Å². The van der Waals surface area contributed by atoms with Crippen molar-refractivity contribution < 1.29 is 0 Å². The molecular formula is C14H20N4. The van der Waals surface area contributed by atoms with E-state index in [2.05, 4.69) is 39.5 Å². The second-order valence-electron chi connectivity index (χ2n) is 4.34. The van der Waals surface area contributed by atoms with Gasteiger partial charge >= 0.3 is 0 Å². The molecule has 0 unspecified atom stereocenters. The minimum Gasteiger partial charge on any atom is -0.368 e. The molecule has 1 N–H and O–H groups in total. The van der Waals surface area contributed by atoms with Gasteiger partial charge in [0.2, 0.25) is 0 Å². The third-order valence-corrected chi connectivity index (χ3v) is 2.99. The number of nitrogens with zero attached hydrogens (tertiary/aromatic N) is 3. The van der Waals surface area contributed by atoms with Gasteiger partial charge in [0.1, 0.15) is 0 Å². The molecule has 2 rings (SSSR count). The van der Waals surface area contributed by atoms with E-state index in [1.54, 1.807) is 0 Å². The van der Waals surface area contributed by atoms with Gasteiger partial charge < -0.3 is 10.2 Å². The zero-order valence-electron chi connectivity index (χ0n) is 11.1. The fourth-order valence-corrected chi connectivity index (χ4v) is 2.11. The minimum atomic E-state index is 0.959. The highest BCUT2D eigenvalue weighted by Gasteiger charge is 2.09. The van der Waals surface area contributed by atoms with Gasteiger partial charge in [0.15, 0.2) is 0 Å². The Morgan fingerprint density at radius 2 is 2.06 bits per heavy atom. The van der Waals surface area contributed by atoms with E-state index in [-0.39, 0.29) is 0 Å². The highest BCUT2D eigenvalue weighted by molar-refractivity contribution is 5.90. The molecule has 1 aromatic carbocycles. The topological polar surface area (TPSA) is 41.0 Å². The summed E-state index contributed by atoms with van der Waals surface area (Å²) in [6, 6.07) is 8.17. The van der Waals surface area contributed by atoms with E-state index in [4.69, 9.17) is 0 Å². The van der Waals surface area contributed by atoms with Crippen LogP contribution >= 0.6 is 0 Å². The van der Waals surface area contributed by atoms with Crippen molar-refractivity contribution in [3.63, 3.8) is 0 Å². The summed E-state index contributed by atoms with van der Waals surface area (Å²) in [6.07, 6.45) is 2.99. The summed E-state index contributed by atoms with van der Waals surface area (Å²) >= 11 is 0. The summed E-state index contributed by atoms with van der Waals surface area (Å²) in [6.45, 7) is 5.19. The molecule has 96 valence electrons. The molecule has 0 spiro atoms. The zero-order chi connectivity index (χ0) is 12.8. The summed E-state index contributed by atoms with van der Waals surface area (Å²) in [5.41, 5.74) is 2.14. The lowest BCUT2D eigenvalue weighted by atomic mass is 10.2. The molecule has 0 saturated carbocycles. The molecule has 4 nitrogen and oxygen atoms in total. The first-order chi connectivity index (χ1) is 8.86. The Kier molecular flexibility index (Phi) is 4.47. The van der Waals surface area contributed by atoms with E-state index in [0.29, 0.717) is 0 Å². The van der Waals surface area contributed by atoms with Gasteiger partial charge in [0.25, 0.3) is 0 Å². The van der Waals surface area contributed by atoms with Crippen molar-refractivity contribution in [2.75, 3.05) is 31.6 Å². The monoisotopic (exact) mass is 244 g/mol. The molecule has 0 aliphatic heterocycles. The molecule has 1 heterocycles. The van der Waals surface area contributed by atoms with Crippen LogP contribution in [-0.4, -0.2) is 36.9 Å². The number of anilines is 1. The third-order valence-electron chi connectivity index (χ3n) is 2.99. The summed E-state index contributed by atoms with van der Waals surface area (Å²) in [4.78, 5) is 2.37. The van der Waals surface area contributed by atoms with Crippen molar-refractivity contribution in [3.8, 4) is 0 Å². The van der Waals surface area contributed by atoms with Gasteiger partial charge in [-0.3, -0.25) is 0 Å². The normalized spacial score (nSPS) is 10.8. The molecule has 0 amide bonds. The number of likely N-dealkylation sites (N-methyl/N-ethyl adjacent to an activating group) is 1. The van der Waals surface area contributed by atoms with E-state index in [0.717, 1.165) is 31.6 Å². The van der Waals surface area contributed by atoms with Crippen LogP contribution in [0.3, 0.4) is 0 Å². The second kappa shape index (κ2) is 6.31. The lowest BCUT2D eigenvalue weighted by Gasteiger charge is -2.24. The van der Waals surface area contributed by atoms with Gasteiger partial charge in [-0.15, -0.1) is 0 Å². The quantitative estimate of drug-likeness (QED) is 0.844. The Morgan fingerprint density at radius 3 is 2.83 bits per heavy atom. The standard InChI is InChI=1S/C14H20N4/c1-3-9-18(10-8-15-2)14-11-16-17-13-7-5-4-6-12(13)14/h4-7,11,15H,3,8-10H2,1-2H3. The largest absolute Gasteiger partial charge is 0.368 e. The van der Waals surface area contributed by atoms with Crippen LogP contribution in [0.2, 0.25) is 0 Å². The Bertz CT molecular complexity index is 493. The highest BCUT2D eigenvalue weighted by Crippen LogP contribution is 2.23. The van der Waals surface area contributed by atoms with Crippen molar-refractivity contribution in [2.24, 2.45) is 0 Å². The number of benzene rings is 1. The summed E-state index contributed by atoms with van der Waals surface area (Å²) < 4.78 is 0. The van der Waals surface area contributed by atoms with E-state index >= 15 is 0 Å². The van der Waals surface area contributed by atoms with Gasteiger partial charge in [-0.05, 0) is 19.5 Å². The fourth-order valence-electron chi connectivity index (χ4n) is 2.11. The van der Waals surface area contributed by atoms with Crippen LogP contribution in [0.5, 0.6) is 0 Å². The van der Waals surface area contributed by atoms with Gasteiger partial charge in [-0.1, -0.05) is 25.1 Å². The number of fused-ring (bicyclic) bond motifs is 1. The molecular weight excluding hydrogens is 224 g/mol. The zero-order valence-corrected chi connectivity index (χ0v) is 11.1. The molecule has 4 heteroatoms. The lowest BCUT2D eigenvalue weighted by Crippen LogP contribution is -2.31. The molecule has 0 saturated heterocycles. The molecule has 18 heavy (non-hydrogen) atoms. The molecule has 1 aromatic heterocycles. The molecule has 0 radical (unpaired) electrons. The summed E-state index contributed by atoms with van der Waals surface area (Å²) in [5.74, 6) is 0. The predicted molar refractivity (Wildman–Crippen MR) is 76.0 cm³/mol. The first kappa shape index (κ1) is 12.8. The Balaban J connectivity index is 2.36. The fraction of sp³-hybridized carbons (Fsp3) is 0.429. The molecule has 0 aliphatic rings. The van der Waals surface area contributed by atoms with Crippen molar-refractivity contribution in [1.29, 1.82) is 0 Å². The van der Waals surface area contributed by atoms with E-state index in [1.165, 1.54) is 11.1 Å². The second-order valence-corrected chi connectivity index (χ2v) is 4.34. The average Bonchev–Trinajstić information content (AvgIpc) is 2.43. The van der Waals surface area contributed by atoms with Crippen LogP contribution in [0.15, 0.2) is 30.5 Å². The summed E-state index contributed by atoms with van der Waals surface area (Å²) in [5, 5.41) is 12.7. The number of aromatic nitrogens is 2. The molecule has 0 aliphatic carbocycles. The van der Waals surface area contributed by atoms with Gasteiger partial charge in [-0.25, -0.2) is 0 Å². The van der Waals surface area contributed by atoms with Crippen molar-refractivity contribution in [2.45, 2.75) is 13.3 Å². The number of rotatable bonds is 6. The van der Waals surface area contributed by atoms with Gasteiger partial charge in [0, 0.05) is 25.0 Å². The number of nitrogens with one attached hydrogen (secondary N) is 1. The van der Waals surface area contributed by atoms with Crippen LogP contribution in [0.4, 0.5) is 5.69 Å². The molecule has 0 atom stereocenters. The van der Waals surface area contributed by atoms with Crippen LogP contribution in [-0.2, 0) is 0 Å². The van der Waals surface area contributed by atoms with Crippen LogP contribution in [0, 0.1) is 0 Å². The van der Waals surface area contributed by atoms with Crippen molar-refractivity contribution in [3.05, 3.63) is 30.5 Å². The van der Waals surface area contributed by atoms with Crippen LogP contribution in [0.1, 0.15) is 13.3 Å². The molecule has 0 bridgehead atoms. The predicted octanol–water partition coefficient (Wildman–Crippen LogP) is 2.07. The summed E-state index contributed by atoms with van der Waals surface area (Å²) in [7, 11) is 1.98. The number of hydrogen-bond donors (Lipinski definition) is 1. The molecule has 2 aromatic rings. The third kappa shape index (κ3) is 2.76. The first-order valence-corrected chi connectivity index (χ1v) is 6.46. The highest BCUT2D eigenvalue weighted by atomic mass is 15.2. The van der Waals surface area contributed by atoms with E-state index in [1.807, 2.05) is 25.4 Å². The average molecular weight is 244 g/mol. The Morgan fingerprint density at radius 1 is 1.22 bits per heavy atom. The van der Waals surface area contributed by atoms with Crippen LogP contribution in [0.25, 0.3) is 10.9 Å². The Labute approximate surface area is 108 Å². The van der Waals surface area contributed by atoms with Gasteiger partial charge in [-0.2, -0.15) is 10.2 Å². The smallest absolute Gasteiger partial charge is 0.0950 e. The van der Waals surface area contributed by atoms with Gasteiger partial charge in [0.05, 0.1) is 17.4 Å². The number of hydrogen-bond acceptors (Lipinski definition) is 4.